The Morgan fingerprint density at radius 3 is 2.20 bits per heavy atom. The fourth-order valence-electron chi connectivity index (χ4n) is 1.65. The van der Waals surface area contributed by atoms with Crippen LogP contribution in [-0.4, -0.2) is 12.6 Å². The zero-order valence-corrected chi connectivity index (χ0v) is 10.7. The second kappa shape index (κ2) is 6.14. The number of ether oxygens (including phenoxy) is 2. The molecule has 0 aliphatic rings. The van der Waals surface area contributed by atoms with Gasteiger partial charge in [-0.15, -0.1) is 0 Å². The first-order valence-electron chi connectivity index (χ1n) is 6.01. The molecule has 0 fully saturated rings. The SMILES string of the molecule is CCOc1ccccc1OC(=O)c1c(F)cccc1F. The number of carbonyl (C=O) groups is 1. The van der Waals surface area contributed by atoms with Crippen LogP contribution >= 0.6 is 0 Å². The molecule has 0 aromatic heterocycles. The molecular formula is C15H12F2O3. The summed E-state index contributed by atoms with van der Waals surface area (Å²) in [5.74, 6) is -2.59. The van der Waals surface area contributed by atoms with Gasteiger partial charge in [0, 0.05) is 0 Å². The van der Waals surface area contributed by atoms with Crippen molar-refractivity contribution in [1.82, 2.24) is 0 Å². The predicted octanol–water partition coefficient (Wildman–Crippen LogP) is 3.58. The van der Waals surface area contributed by atoms with E-state index in [9.17, 15) is 13.6 Å². The van der Waals surface area contributed by atoms with Gasteiger partial charge < -0.3 is 9.47 Å². The van der Waals surface area contributed by atoms with Crippen LogP contribution in [0, 0.1) is 11.6 Å². The van der Waals surface area contributed by atoms with Gasteiger partial charge in [0.25, 0.3) is 0 Å². The summed E-state index contributed by atoms with van der Waals surface area (Å²) in [7, 11) is 0. The van der Waals surface area contributed by atoms with E-state index in [4.69, 9.17) is 9.47 Å². The molecular weight excluding hydrogens is 266 g/mol. The third-order valence-corrected chi connectivity index (χ3v) is 2.52. The van der Waals surface area contributed by atoms with Crippen molar-refractivity contribution in [2.24, 2.45) is 0 Å². The highest BCUT2D eigenvalue weighted by atomic mass is 19.1. The minimum absolute atomic E-state index is 0.113. The Morgan fingerprint density at radius 1 is 1.00 bits per heavy atom. The molecule has 0 aliphatic heterocycles. The fraction of sp³-hybridized carbons (Fsp3) is 0.133. The number of esters is 1. The zero-order chi connectivity index (χ0) is 14.5. The number of benzene rings is 2. The summed E-state index contributed by atoms with van der Waals surface area (Å²) in [6, 6.07) is 9.58. The molecule has 0 amide bonds. The summed E-state index contributed by atoms with van der Waals surface area (Å²) >= 11 is 0. The quantitative estimate of drug-likeness (QED) is 0.633. The molecule has 0 heterocycles. The average molecular weight is 278 g/mol. The molecule has 104 valence electrons. The lowest BCUT2D eigenvalue weighted by Gasteiger charge is -2.10. The second-order valence-electron chi connectivity index (χ2n) is 3.87. The van der Waals surface area contributed by atoms with Crippen LogP contribution < -0.4 is 9.47 Å². The van der Waals surface area contributed by atoms with E-state index in [2.05, 4.69) is 0 Å². The molecule has 2 aromatic carbocycles. The normalized spacial score (nSPS) is 10.2. The van der Waals surface area contributed by atoms with Gasteiger partial charge in [-0.1, -0.05) is 18.2 Å². The first kappa shape index (κ1) is 14.0. The fourth-order valence-corrected chi connectivity index (χ4v) is 1.65. The molecule has 0 N–H and O–H groups in total. The van der Waals surface area contributed by atoms with Crippen molar-refractivity contribution in [3.8, 4) is 11.5 Å². The number of hydrogen-bond acceptors (Lipinski definition) is 3. The summed E-state index contributed by atoms with van der Waals surface area (Å²) in [4.78, 5) is 11.9. The van der Waals surface area contributed by atoms with Crippen LogP contribution in [0.15, 0.2) is 42.5 Å². The molecule has 0 radical (unpaired) electrons. The number of para-hydroxylation sites is 2. The van der Waals surface area contributed by atoms with Gasteiger partial charge in [-0.3, -0.25) is 0 Å². The highest BCUT2D eigenvalue weighted by molar-refractivity contribution is 5.91. The van der Waals surface area contributed by atoms with Gasteiger partial charge in [-0.25, -0.2) is 13.6 Å². The van der Waals surface area contributed by atoms with Gasteiger partial charge in [0.05, 0.1) is 6.61 Å². The van der Waals surface area contributed by atoms with Crippen molar-refractivity contribution >= 4 is 5.97 Å². The molecule has 0 saturated carbocycles. The van der Waals surface area contributed by atoms with E-state index in [1.165, 1.54) is 12.1 Å². The maximum absolute atomic E-state index is 13.5. The van der Waals surface area contributed by atoms with E-state index in [-0.39, 0.29) is 5.75 Å². The summed E-state index contributed by atoms with van der Waals surface area (Å²) in [5.41, 5.74) is -0.723. The molecule has 0 saturated heterocycles. The molecule has 20 heavy (non-hydrogen) atoms. The van der Waals surface area contributed by atoms with Gasteiger partial charge in [-0.2, -0.15) is 0 Å². The van der Waals surface area contributed by atoms with Crippen LogP contribution in [0.4, 0.5) is 8.78 Å². The molecule has 2 rings (SSSR count). The third-order valence-electron chi connectivity index (χ3n) is 2.52. The predicted molar refractivity (Wildman–Crippen MR) is 68.9 cm³/mol. The Balaban J connectivity index is 2.28. The number of rotatable bonds is 4. The standard InChI is InChI=1S/C15H12F2O3/c1-2-19-12-8-3-4-9-13(12)20-15(18)14-10(16)6-5-7-11(14)17/h3-9H,2H2,1H3. The van der Waals surface area contributed by atoms with Gasteiger partial charge in [-0.05, 0) is 31.2 Å². The Hall–Kier alpha value is -2.43. The topological polar surface area (TPSA) is 35.5 Å². The molecule has 0 bridgehead atoms. The van der Waals surface area contributed by atoms with E-state index < -0.39 is 23.2 Å². The Kier molecular flexibility index (Phi) is 4.30. The highest BCUT2D eigenvalue weighted by Gasteiger charge is 2.20. The molecule has 0 aliphatic carbocycles. The monoisotopic (exact) mass is 278 g/mol. The Bertz CT molecular complexity index is 606. The molecule has 3 nitrogen and oxygen atoms in total. The van der Waals surface area contributed by atoms with Crippen molar-refractivity contribution in [3.63, 3.8) is 0 Å². The summed E-state index contributed by atoms with van der Waals surface area (Å²) in [5, 5.41) is 0. The van der Waals surface area contributed by atoms with Crippen LogP contribution in [0.5, 0.6) is 11.5 Å². The summed E-state index contributed by atoms with van der Waals surface area (Å²) in [6.45, 7) is 2.15. The molecule has 5 heteroatoms. The van der Waals surface area contributed by atoms with Crippen molar-refractivity contribution in [2.75, 3.05) is 6.61 Å². The minimum Gasteiger partial charge on any atom is -0.490 e. The first-order chi connectivity index (χ1) is 9.63. The lowest BCUT2D eigenvalue weighted by molar-refractivity contribution is 0.0718. The first-order valence-corrected chi connectivity index (χ1v) is 6.01. The Morgan fingerprint density at radius 2 is 1.60 bits per heavy atom. The zero-order valence-electron chi connectivity index (χ0n) is 10.7. The minimum atomic E-state index is -1.10. The maximum atomic E-state index is 13.5. The molecule has 0 spiro atoms. The number of halogens is 2. The van der Waals surface area contributed by atoms with Crippen LogP contribution in [0.3, 0.4) is 0 Å². The third kappa shape index (κ3) is 2.93. The van der Waals surface area contributed by atoms with Gasteiger partial charge in [0.2, 0.25) is 0 Å². The van der Waals surface area contributed by atoms with E-state index >= 15 is 0 Å². The van der Waals surface area contributed by atoms with Crippen molar-refractivity contribution < 1.29 is 23.0 Å². The molecule has 0 atom stereocenters. The van der Waals surface area contributed by atoms with Gasteiger partial charge >= 0.3 is 5.97 Å². The van der Waals surface area contributed by atoms with Gasteiger partial charge in [0.15, 0.2) is 11.5 Å². The maximum Gasteiger partial charge on any atom is 0.349 e. The van der Waals surface area contributed by atoms with Gasteiger partial charge in [0.1, 0.15) is 17.2 Å². The average Bonchev–Trinajstić information content (AvgIpc) is 2.41. The smallest absolute Gasteiger partial charge is 0.349 e. The Labute approximate surface area is 114 Å². The summed E-state index contributed by atoms with van der Waals surface area (Å²) < 4.78 is 37.2. The lowest BCUT2D eigenvalue weighted by atomic mass is 10.2. The number of hydrogen-bond donors (Lipinski definition) is 0. The van der Waals surface area contributed by atoms with E-state index in [0.29, 0.717) is 12.4 Å². The van der Waals surface area contributed by atoms with Crippen LogP contribution in [0.2, 0.25) is 0 Å². The van der Waals surface area contributed by atoms with E-state index in [0.717, 1.165) is 12.1 Å². The van der Waals surface area contributed by atoms with Crippen molar-refractivity contribution in [2.45, 2.75) is 6.92 Å². The largest absolute Gasteiger partial charge is 0.490 e. The highest BCUT2D eigenvalue weighted by Crippen LogP contribution is 2.27. The second-order valence-corrected chi connectivity index (χ2v) is 3.87. The van der Waals surface area contributed by atoms with Crippen LogP contribution in [-0.2, 0) is 0 Å². The van der Waals surface area contributed by atoms with Crippen LogP contribution in [0.1, 0.15) is 17.3 Å². The van der Waals surface area contributed by atoms with E-state index in [1.807, 2.05) is 0 Å². The lowest BCUT2D eigenvalue weighted by Crippen LogP contribution is -2.13. The van der Waals surface area contributed by atoms with E-state index in [1.54, 1.807) is 25.1 Å². The summed E-state index contributed by atoms with van der Waals surface area (Å²) in [6.07, 6.45) is 0. The molecule has 0 unspecified atom stereocenters. The number of carbonyl (C=O) groups excluding carboxylic acids is 1. The van der Waals surface area contributed by atoms with Crippen LogP contribution in [0.25, 0.3) is 0 Å². The molecule has 2 aromatic rings. The van der Waals surface area contributed by atoms with Crippen molar-refractivity contribution in [1.29, 1.82) is 0 Å². The van der Waals surface area contributed by atoms with Crippen molar-refractivity contribution in [3.05, 3.63) is 59.7 Å².